The molecule has 3 rings (SSSR count). The second-order valence-electron chi connectivity index (χ2n) is 6.83. The quantitative estimate of drug-likeness (QED) is 0.848. The fourth-order valence-corrected chi connectivity index (χ4v) is 3.22. The zero-order chi connectivity index (χ0) is 17.8. The van der Waals surface area contributed by atoms with Crippen molar-refractivity contribution in [1.82, 2.24) is 20.2 Å². The molecule has 1 aromatic carbocycles. The first-order chi connectivity index (χ1) is 12.0. The number of ether oxygens (including phenoxy) is 1. The number of nitrogens with zero attached hydrogens (tertiary/aromatic N) is 2. The van der Waals surface area contributed by atoms with Crippen LogP contribution in [0.15, 0.2) is 36.7 Å². The van der Waals surface area contributed by atoms with Gasteiger partial charge in [-0.05, 0) is 25.8 Å². The molecule has 1 aliphatic heterocycles. The molecule has 25 heavy (non-hydrogen) atoms. The molecule has 0 bridgehead atoms. The van der Waals surface area contributed by atoms with E-state index in [1.807, 2.05) is 38.2 Å². The topological polar surface area (TPSA) is 68.2 Å². The van der Waals surface area contributed by atoms with Gasteiger partial charge in [0.15, 0.2) is 0 Å². The average molecular weight is 342 g/mol. The van der Waals surface area contributed by atoms with Crippen molar-refractivity contribution in [2.24, 2.45) is 5.92 Å². The zero-order valence-electron chi connectivity index (χ0n) is 15.0. The molecular weight excluding hydrogens is 316 g/mol. The van der Waals surface area contributed by atoms with E-state index < -0.39 is 0 Å². The molecule has 0 spiro atoms. The van der Waals surface area contributed by atoms with Crippen LogP contribution >= 0.6 is 0 Å². The molecule has 0 saturated heterocycles. The first-order valence-corrected chi connectivity index (χ1v) is 8.78. The Balaban J connectivity index is 1.45. The third kappa shape index (κ3) is 4.13. The normalized spacial score (nSPS) is 18.1. The lowest BCUT2D eigenvalue weighted by Crippen LogP contribution is -2.45. The van der Waals surface area contributed by atoms with Crippen LogP contribution in [0.2, 0.25) is 0 Å². The van der Waals surface area contributed by atoms with Crippen molar-refractivity contribution in [3.05, 3.63) is 48.0 Å². The summed E-state index contributed by atoms with van der Waals surface area (Å²) in [5.74, 6) is 2.42. The summed E-state index contributed by atoms with van der Waals surface area (Å²) in [6.45, 7) is 8.19. The number of hydrogen-bond donors (Lipinski definition) is 2. The van der Waals surface area contributed by atoms with E-state index in [9.17, 15) is 4.79 Å². The van der Waals surface area contributed by atoms with Crippen molar-refractivity contribution >= 4 is 6.03 Å². The third-order valence-corrected chi connectivity index (χ3v) is 4.74. The molecule has 1 aliphatic rings. The van der Waals surface area contributed by atoms with E-state index in [4.69, 9.17) is 4.74 Å². The number of para-hydroxylation sites is 1. The summed E-state index contributed by atoms with van der Waals surface area (Å²) in [6.07, 6.45) is 3.76. The van der Waals surface area contributed by atoms with E-state index in [0.717, 1.165) is 18.1 Å². The molecule has 2 aromatic rings. The Kier molecular flexibility index (Phi) is 5.26. The van der Waals surface area contributed by atoms with Crippen molar-refractivity contribution in [2.45, 2.75) is 39.3 Å². The lowest BCUT2D eigenvalue weighted by Gasteiger charge is -2.21. The summed E-state index contributed by atoms with van der Waals surface area (Å²) < 4.78 is 7.80. The number of carbonyl (C=O) groups excluding carboxylic acids is 1. The van der Waals surface area contributed by atoms with Gasteiger partial charge in [-0.25, -0.2) is 9.78 Å². The van der Waals surface area contributed by atoms with Gasteiger partial charge in [0.1, 0.15) is 11.6 Å². The predicted molar refractivity (Wildman–Crippen MR) is 96.8 cm³/mol. The highest BCUT2D eigenvalue weighted by Crippen LogP contribution is 2.35. The Hall–Kier alpha value is -2.50. The summed E-state index contributed by atoms with van der Waals surface area (Å²) in [7, 11) is 0. The molecule has 0 fully saturated rings. The first kappa shape index (κ1) is 17.3. The molecule has 2 heterocycles. The van der Waals surface area contributed by atoms with Gasteiger partial charge in [0, 0.05) is 43.0 Å². The van der Waals surface area contributed by atoms with Gasteiger partial charge in [-0.15, -0.1) is 0 Å². The van der Waals surface area contributed by atoms with Gasteiger partial charge in [-0.3, -0.25) is 0 Å². The zero-order valence-corrected chi connectivity index (χ0v) is 15.0. The number of imidazole rings is 1. The minimum absolute atomic E-state index is 0.00912. The Morgan fingerprint density at radius 3 is 2.96 bits per heavy atom. The molecular formula is C19H26N4O2. The molecule has 0 aliphatic carbocycles. The third-order valence-electron chi connectivity index (χ3n) is 4.74. The lowest BCUT2D eigenvalue weighted by molar-refractivity contribution is 0.231. The Bertz CT molecular complexity index is 728. The largest absolute Gasteiger partial charge is 0.493 e. The van der Waals surface area contributed by atoms with Crippen LogP contribution in [-0.4, -0.2) is 34.8 Å². The molecule has 0 unspecified atom stereocenters. The Morgan fingerprint density at radius 1 is 1.40 bits per heavy atom. The van der Waals surface area contributed by atoms with E-state index in [0.29, 0.717) is 19.1 Å². The van der Waals surface area contributed by atoms with E-state index in [1.54, 1.807) is 6.20 Å². The molecule has 6 nitrogen and oxygen atoms in total. The SMILES string of the molecule is Cc1nccn1C[C@H](C)CNC(=O)N[C@H](C)[C@@H]1COc2ccccc21. The number of fused-ring (bicyclic) bond motifs is 1. The fraction of sp³-hybridized carbons (Fsp3) is 0.474. The van der Waals surface area contributed by atoms with Crippen LogP contribution in [0.25, 0.3) is 0 Å². The number of benzene rings is 1. The van der Waals surface area contributed by atoms with Crippen LogP contribution in [0.1, 0.15) is 31.2 Å². The van der Waals surface area contributed by atoms with Crippen molar-refractivity contribution in [3.63, 3.8) is 0 Å². The highest BCUT2D eigenvalue weighted by molar-refractivity contribution is 5.74. The molecule has 2 N–H and O–H groups in total. The maximum Gasteiger partial charge on any atom is 0.315 e. The van der Waals surface area contributed by atoms with Gasteiger partial charge in [0.2, 0.25) is 0 Å². The molecule has 0 radical (unpaired) electrons. The standard InChI is InChI=1S/C19H26N4O2/c1-13(11-23-9-8-20-15(23)3)10-21-19(24)22-14(2)17-12-25-18-7-5-4-6-16(17)18/h4-9,13-14,17H,10-12H2,1-3H3,(H2,21,22,24)/t13-,14-,17+/m1/s1. The van der Waals surface area contributed by atoms with Crippen molar-refractivity contribution in [3.8, 4) is 5.75 Å². The molecule has 1 aromatic heterocycles. The van der Waals surface area contributed by atoms with Crippen LogP contribution in [0, 0.1) is 12.8 Å². The summed E-state index contributed by atoms with van der Waals surface area (Å²) in [5.41, 5.74) is 1.17. The van der Waals surface area contributed by atoms with E-state index in [-0.39, 0.29) is 18.0 Å². The van der Waals surface area contributed by atoms with Crippen molar-refractivity contribution in [1.29, 1.82) is 0 Å². The van der Waals surface area contributed by atoms with Gasteiger partial charge in [0.05, 0.1) is 6.61 Å². The number of aromatic nitrogens is 2. The second kappa shape index (κ2) is 7.59. The number of hydrogen-bond acceptors (Lipinski definition) is 3. The van der Waals surface area contributed by atoms with Crippen LogP contribution in [-0.2, 0) is 6.54 Å². The molecule has 3 atom stereocenters. The summed E-state index contributed by atoms with van der Waals surface area (Å²) in [5, 5.41) is 6.01. The minimum Gasteiger partial charge on any atom is -0.493 e. The summed E-state index contributed by atoms with van der Waals surface area (Å²) in [4.78, 5) is 16.4. The number of nitrogens with one attached hydrogen (secondary N) is 2. The monoisotopic (exact) mass is 342 g/mol. The molecule has 6 heteroatoms. The van der Waals surface area contributed by atoms with Gasteiger partial charge in [0.25, 0.3) is 0 Å². The van der Waals surface area contributed by atoms with Gasteiger partial charge in [-0.2, -0.15) is 0 Å². The first-order valence-electron chi connectivity index (χ1n) is 8.78. The maximum atomic E-state index is 12.2. The fourth-order valence-electron chi connectivity index (χ4n) is 3.22. The van der Waals surface area contributed by atoms with Crippen LogP contribution < -0.4 is 15.4 Å². The second-order valence-corrected chi connectivity index (χ2v) is 6.83. The summed E-state index contributed by atoms with van der Waals surface area (Å²) in [6, 6.07) is 7.89. The van der Waals surface area contributed by atoms with Gasteiger partial charge in [-0.1, -0.05) is 25.1 Å². The van der Waals surface area contributed by atoms with Crippen molar-refractivity contribution in [2.75, 3.05) is 13.2 Å². The predicted octanol–water partition coefficient (Wildman–Crippen LogP) is 2.69. The average Bonchev–Trinajstić information content (AvgIpc) is 3.19. The number of rotatable bonds is 6. The summed E-state index contributed by atoms with van der Waals surface area (Å²) >= 11 is 0. The number of carbonyl (C=O) groups is 1. The smallest absolute Gasteiger partial charge is 0.315 e. The maximum absolute atomic E-state index is 12.2. The molecule has 2 amide bonds. The number of aryl methyl sites for hydroxylation is 1. The van der Waals surface area contributed by atoms with Crippen LogP contribution in [0.3, 0.4) is 0 Å². The number of urea groups is 1. The van der Waals surface area contributed by atoms with Gasteiger partial charge >= 0.3 is 6.03 Å². The van der Waals surface area contributed by atoms with Crippen LogP contribution in [0.5, 0.6) is 5.75 Å². The highest BCUT2D eigenvalue weighted by atomic mass is 16.5. The van der Waals surface area contributed by atoms with E-state index >= 15 is 0 Å². The van der Waals surface area contributed by atoms with E-state index in [1.165, 1.54) is 5.56 Å². The lowest BCUT2D eigenvalue weighted by atomic mass is 9.94. The van der Waals surface area contributed by atoms with Gasteiger partial charge < -0.3 is 19.9 Å². The van der Waals surface area contributed by atoms with E-state index in [2.05, 4.69) is 33.2 Å². The molecule has 134 valence electrons. The Labute approximate surface area is 148 Å². The minimum atomic E-state index is -0.133. The van der Waals surface area contributed by atoms with Crippen LogP contribution in [0.4, 0.5) is 4.79 Å². The number of amides is 2. The molecule has 0 saturated carbocycles. The van der Waals surface area contributed by atoms with Crippen molar-refractivity contribution < 1.29 is 9.53 Å². The highest BCUT2D eigenvalue weighted by Gasteiger charge is 2.29. The Morgan fingerprint density at radius 2 is 2.20 bits per heavy atom.